The number of allylic oxidation sites excluding steroid dienone is 1. The molecular weight excluding hydrogens is 352 g/mol. The van der Waals surface area contributed by atoms with Crippen molar-refractivity contribution in [3.8, 4) is 17.2 Å². The van der Waals surface area contributed by atoms with E-state index in [1.807, 2.05) is 40.7 Å². The third-order valence-electron chi connectivity index (χ3n) is 4.56. The number of phenols is 2. The monoisotopic (exact) mass is 382 g/mol. The molecule has 4 heteroatoms. The summed E-state index contributed by atoms with van der Waals surface area (Å²) >= 11 is 0. The highest BCUT2D eigenvalue weighted by molar-refractivity contribution is 6.07. The van der Waals surface area contributed by atoms with Gasteiger partial charge in [0.1, 0.15) is 17.2 Å². The Morgan fingerprint density at radius 2 is 1.71 bits per heavy atom. The van der Waals surface area contributed by atoms with Gasteiger partial charge in [-0.1, -0.05) is 34.6 Å². The fraction of sp³-hybridized carbons (Fsp3) is 0.375. The summed E-state index contributed by atoms with van der Waals surface area (Å²) < 4.78 is 5.99. The molecule has 4 nitrogen and oxygen atoms in total. The zero-order chi connectivity index (χ0) is 20.8. The Hall–Kier alpha value is -2.75. The van der Waals surface area contributed by atoms with Crippen molar-refractivity contribution in [3.63, 3.8) is 0 Å². The molecule has 2 aromatic carbocycles. The van der Waals surface area contributed by atoms with Crippen LogP contribution in [0.25, 0.3) is 6.08 Å². The lowest BCUT2D eigenvalue weighted by Gasteiger charge is -2.22. The van der Waals surface area contributed by atoms with Crippen molar-refractivity contribution < 1.29 is 19.7 Å². The van der Waals surface area contributed by atoms with E-state index in [1.54, 1.807) is 18.2 Å². The number of phenolic OH excluding ortho intramolecular Hbond substituents is 2. The number of rotatable bonds is 8. The summed E-state index contributed by atoms with van der Waals surface area (Å²) in [6, 6.07) is 8.06. The molecule has 150 valence electrons. The third-order valence-corrected chi connectivity index (χ3v) is 4.56. The number of hydrogen-bond donors (Lipinski definition) is 2. The number of hydrogen-bond acceptors (Lipinski definition) is 4. The molecule has 28 heavy (non-hydrogen) atoms. The van der Waals surface area contributed by atoms with Gasteiger partial charge in [-0.25, -0.2) is 0 Å². The molecule has 0 atom stereocenters. The van der Waals surface area contributed by atoms with E-state index in [0.717, 1.165) is 23.1 Å². The smallest absolute Gasteiger partial charge is 0.185 e. The number of aromatic hydroxyl groups is 2. The molecule has 0 aliphatic rings. The molecule has 0 bridgehead atoms. The summed E-state index contributed by atoms with van der Waals surface area (Å²) in [6.07, 6.45) is 4.10. The maximum Gasteiger partial charge on any atom is 0.185 e. The second-order valence-electron chi connectivity index (χ2n) is 7.55. The lowest BCUT2D eigenvalue weighted by molar-refractivity contribution is 0.104. The zero-order valence-corrected chi connectivity index (χ0v) is 17.3. The molecule has 0 aromatic heterocycles. The van der Waals surface area contributed by atoms with Gasteiger partial charge in [0.05, 0.1) is 6.61 Å². The molecule has 0 saturated heterocycles. The Bertz CT molecular complexity index is 846. The molecule has 2 aromatic rings. The van der Waals surface area contributed by atoms with E-state index in [2.05, 4.69) is 0 Å². The highest BCUT2D eigenvalue weighted by atomic mass is 16.5. The fourth-order valence-corrected chi connectivity index (χ4v) is 3.07. The number of ketones is 1. The van der Waals surface area contributed by atoms with Gasteiger partial charge in [-0.15, -0.1) is 0 Å². The lowest BCUT2D eigenvalue weighted by atomic mass is 9.90. The van der Waals surface area contributed by atoms with E-state index in [1.165, 1.54) is 18.2 Å². The predicted molar refractivity (Wildman–Crippen MR) is 114 cm³/mol. The van der Waals surface area contributed by atoms with Crippen LogP contribution < -0.4 is 4.74 Å². The third kappa shape index (κ3) is 4.94. The van der Waals surface area contributed by atoms with Crippen molar-refractivity contribution in [2.45, 2.75) is 52.9 Å². The number of ether oxygens (including phenoxy) is 1. The largest absolute Gasteiger partial charge is 0.508 e. The minimum Gasteiger partial charge on any atom is -0.508 e. The van der Waals surface area contributed by atoms with Gasteiger partial charge in [0.15, 0.2) is 5.78 Å². The summed E-state index contributed by atoms with van der Waals surface area (Å²) in [5, 5.41) is 20.2. The van der Waals surface area contributed by atoms with Crippen LogP contribution >= 0.6 is 0 Å². The molecule has 0 unspecified atom stereocenters. The Morgan fingerprint density at radius 1 is 1.07 bits per heavy atom. The first-order chi connectivity index (χ1) is 13.3. The van der Waals surface area contributed by atoms with Crippen LogP contribution in [-0.2, 0) is 0 Å². The van der Waals surface area contributed by atoms with Crippen LogP contribution in [0.15, 0.2) is 36.4 Å². The van der Waals surface area contributed by atoms with Crippen LogP contribution in [0.2, 0.25) is 0 Å². The van der Waals surface area contributed by atoms with Crippen molar-refractivity contribution in [2.75, 3.05) is 6.61 Å². The average molecular weight is 383 g/mol. The molecule has 0 spiro atoms. The highest BCUT2D eigenvalue weighted by Gasteiger charge is 2.22. The van der Waals surface area contributed by atoms with Crippen LogP contribution in [0.5, 0.6) is 17.2 Å². The van der Waals surface area contributed by atoms with Gasteiger partial charge in [-0.2, -0.15) is 0 Å². The van der Waals surface area contributed by atoms with Gasteiger partial charge in [-0.05, 0) is 66.3 Å². The molecule has 0 saturated carbocycles. The Kier molecular flexibility index (Phi) is 7.27. The first-order valence-corrected chi connectivity index (χ1v) is 9.80. The SMILES string of the molecule is CCCOc1c(C=CC(=O)c2ccc(O)cc2)cc(C(C)C)c(O)c1C(C)C. The molecule has 0 heterocycles. The van der Waals surface area contributed by atoms with Crippen molar-refractivity contribution in [1.29, 1.82) is 0 Å². The number of carbonyl (C=O) groups is 1. The van der Waals surface area contributed by atoms with E-state index < -0.39 is 0 Å². The molecule has 0 radical (unpaired) electrons. The molecule has 2 rings (SSSR count). The van der Waals surface area contributed by atoms with Crippen molar-refractivity contribution in [2.24, 2.45) is 0 Å². The van der Waals surface area contributed by atoms with Crippen LogP contribution in [0.4, 0.5) is 0 Å². The Labute approximate surface area is 167 Å². The predicted octanol–water partition coefficient (Wildman–Crippen LogP) is 6.03. The maximum atomic E-state index is 12.5. The molecule has 2 N–H and O–H groups in total. The number of benzene rings is 2. The lowest BCUT2D eigenvalue weighted by Crippen LogP contribution is -2.05. The van der Waals surface area contributed by atoms with Crippen LogP contribution in [0.3, 0.4) is 0 Å². The number of carbonyl (C=O) groups excluding carboxylic acids is 1. The molecule has 0 aliphatic heterocycles. The summed E-state index contributed by atoms with van der Waals surface area (Å²) in [6.45, 7) is 10.7. The van der Waals surface area contributed by atoms with Crippen LogP contribution in [0, 0.1) is 0 Å². The molecular formula is C24H30O4. The van der Waals surface area contributed by atoms with Crippen LogP contribution in [-0.4, -0.2) is 22.6 Å². The van der Waals surface area contributed by atoms with E-state index in [-0.39, 0.29) is 29.1 Å². The topological polar surface area (TPSA) is 66.8 Å². The zero-order valence-electron chi connectivity index (χ0n) is 17.3. The quantitative estimate of drug-likeness (QED) is 0.432. The molecule has 0 aliphatic carbocycles. The highest BCUT2D eigenvalue weighted by Crippen LogP contribution is 2.43. The van der Waals surface area contributed by atoms with E-state index in [9.17, 15) is 15.0 Å². The minimum atomic E-state index is -0.160. The van der Waals surface area contributed by atoms with E-state index in [4.69, 9.17) is 4.74 Å². The summed E-state index contributed by atoms with van der Waals surface area (Å²) in [5.41, 5.74) is 2.89. The van der Waals surface area contributed by atoms with Gasteiger partial charge in [0.25, 0.3) is 0 Å². The first-order valence-electron chi connectivity index (χ1n) is 9.80. The normalized spacial score (nSPS) is 11.5. The maximum absolute atomic E-state index is 12.5. The van der Waals surface area contributed by atoms with Crippen molar-refractivity contribution >= 4 is 11.9 Å². The summed E-state index contributed by atoms with van der Waals surface area (Å²) in [5.74, 6) is 1.08. The van der Waals surface area contributed by atoms with E-state index in [0.29, 0.717) is 17.9 Å². The van der Waals surface area contributed by atoms with Gasteiger partial charge in [-0.3, -0.25) is 4.79 Å². The second kappa shape index (κ2) is 9.45. The van der Waals surface area contributed by atoms with Gasteiger partial charge in [0, 0.05) is 16.7 Å². The summed E-state index contributed by atoms with van der Waals surface area (Å²) in [4.78, 5) is 12.5. The Morgan fingerprint density at radius 3 is 2.25 bits per heavy atom. The second-order valence-corrected chi connectivity index (χ2v) is 7.55. The van der Waals surface area contributed by atoms with Crippen LogP contribution in [0.1, 0.15) is 79.9 Å². The van der Waals surface area contributed by atoms with E-state index >= 15 is 0 Å². The van der Waals surface area contributed by atoms with Gasteiger partial charge >= 0.3 is 0 Å². The van der Waals surface area contributed by atoms with Crippen molar-refractivity contribution in [3.05, 3.63) is 58.7 Å². The molecule has 0 fully saturated rings. The molecule has 0 amide bonds. The van der Waals surface area contributed by atoms with Gasteiger partial charge in [0.2, 0.25) is 0 Å². The average Bonchev–Trinajstić information content (AvgIpc) is 2.64. The minimum absolute atomic E-state index is 0.0745. The first kappa shape index (κ1) is 21.5. The van der Waals surface area contributed by atoms with Gasteiger partial charge < -0.3 is 14.9 Å². The van der Waals surface area contributed by atoms with Crippen molar-refractivity contribution in [1.82, 2.24) is 0 Å². The Balaban J connectivity index is 2.53. The standard InChI is InChI=1S/C24H30O4/c1-6-13-28-24-18(9-12-21(26)17-7-10-19(25)11-8-17)14-20(15(2)3)23(27)22(24)16(4)5/h7-12,14-16,25,27H,6,13H2,1-5H3. The summed E-state index contributed by atoms with van der Waals surface area (Å²) in [7, 11) is 0. The fourth-order valence-electron chi connectivity index (χ4n) is 3.07.